The second kappa shape index (κ2) is 7.35. The third-order valence-electron chi connectivity index (χ3n) is 5.73. The van der Waals surface area contributed by atoms with Crippen molar-refractivity contribution in [1.29, 1.82) is 0 Å². The van der Waals surface area contributed by atoms with Gasteiger partial charge >= 0.3 is 0 Å². The van der Waals surface area contributed by atoms with Crippen LogP contribution in [0.15, 0.2) is 39.8 Å². The van der Waals surface area contributed by atoms with E-state index in [4.69, 9.17) is 4.42 Å². The fourth-order valence-corrected chi connectivity index (χ4v) is 4.17. The van der Waals surface area contributed by atoms with Crippen molar-refractivity contribution in [3.05, 3.63) is 58.3 Å². The summed E-state index contributed by atoms with van der Waals surface area (Å²) in [6.45, 7) is 3.42. The van der Waals surface area contributed by atoms with Gasteiger partial charge in [0.2, 0.25) is 5.89 Å². The highest BCUT2D eigenvalue weighted by Gasteiger charge is 2.24. The summed E-state index contributed by atoms with van der Waals surface area (Å²) in [6.07, 6.45) is 8.87. The molecule has 2 aliphatic rings. The topological polar surface area (TPSA) is 82.0 Å². The van der Waals surface area contributed by atoms with Gasteiger partial charge in [-0.1, -0.05) is 0 Å². The van der Waals surface area contributed by atoms with E-state index in [1.165, 1.54) is 6.42 Å². The molecule has 1 aliphatic carbocycles. The van der Waals surface area contributed by atoms with E-state index in [1.54, 1.807) is 27.7 Å². The van der Waals surface area contributed by atoms with E-state index in [9.17, 15) is 4.79 Å². The summed E-state index contributed by atoms with van der Waals surface area (Å²) in [7, 11) is 0. The maximum atomic E-state index is 12.2. The standard InChI is InChI=1S/C20H24N6O2/c27-20-6-5-18(25-10-2-9-21-25)23-26(20)13-15-7-11-24(12-8-15)14-19-22-16-3-1-4-17(16)28-19/h2,5-6,9-10,15H,1,3-4,7-8,11-14H2. The Balaban J connectivity index is 1.19. The number of hydrogen-bond acceptors (Lipinski definition) is 6. The molecule has 28 heavy (non-hydrogen) atoms. The second-order valence-corrected chi connectivity index (χ2v) is 7.71. The molecule has 0 radical (unpaired) electrons. The molecular formula is C20H24N6O2. The average molecular weight is 380 g/mol. The minimum Gasteiger partial charge on any atom is -0.444 e. The SMILES string of the molecule is O=c1ccc(-n2cccn2)nn1CC1CCN(Cc2nc3c(o2)CCC3)CC1. The summed E-state index contributed by atoms with van der Waals surface area (Å²) >= 11 is 0. The van der Waals surface area contributed by atoms with Crippen LogP contribution in [0.2, 0.25) is 0 Å². The lowest BCUT2D eigenvalue weighted by Gasteiger charge is -2.31. The number of hydrogen-bond donors (Lipinski definition) is 0. The molecule has 0 N–H and O–H groups in total. The number of likely N-dealkylation sites (tertiary alicyclic amines) is 1. The summed E-state index contributed by atoms with van der Waals surface area (Å²) in [5, 5.41) is 8.68. The van der Waals surface area contributed by atoms with Crippen molar-refractivity contribution < 1.29 is 4.42 Å². The Labute approximate surface area is 162 Å². The smallest absolute Gasteiger partial charge is 0.266 e. The number of fused-ring (bicyclic) bond motifs is 1. The molecule has 1 saturated heterocycles. The van der Waals surface area contributed by atoms with Crippen LogP contribution in [-0.2, 0) is 25.9 Å². The van der Waals surface area contributed by atoms with Crippen LogP contribution in [0.4, 0.5) is 0 Å². The molecule has 0 saturated carbocycles. The van der Waals surface area contributed by atoms with Crippen molar-refractivity contribution in [2.75, 3.05) is 13.1 Å². The van der Waals surface area contributed by atoms with Crippen LogP contribution in [-0.4, -0.2) is 42.5 Å². The van der Waals surface area contributed by atoms with Gasteiger partial charge in [0, 0.05) is 31.4 Å². The highest BCUT2D eigenvalue weighted by atomic mass is 16.4. The first kappa shape index (κ1) is 17.4. The van der Waals surface area contributed by atoms with Crippen LogP contribution in [0.3, 0.4) is 0 Å². The number of nitrogens with zero attached hydrogens (tertiary/aromatic N) is 6. The molecule has 146 valence electrons. The van der Waals surface area contributed by atoms with Crippen LogP contribution >= 0.6 is 0 Å². The normalized spacial score (nSPS) is 17.9. The van der Waals surface area contributed by atoms with Gasteiger partial charge in [-0.15, -0.1) is 5.10 Å². The van der Waals surface area contributed by atoms with E-state index < -0.39 is 0 Å². The molecule has 1 fully saturated rings. The third kappa shape index (κ3) is 3.52. The number of aromatic nitrogens is 5. The van der Waals surface area contributed by atoms with Crippen molar-refractivity contribution in [3.63, 3.8) is 0 Å². The van der Waals surface area contributed by atoms with Crippen molar-refractivity contribution in [3.8, 4) is 5.82 Å². The maximum absolute atomic E-state index is 12.2. The average Bonchev–Trinajstić information content (AvgIpc) is 3.43. The minimum atomic E-state index is -0.0624. The van der Waals surface area contributed by atoms with Crippen LogP contribution in [0.1, 0.15) is 36.6 Å². The molecule has 5 rings (SSSR count). The van der Waals surface area contributed by atoms with E-state index in [-0.39, 0.29) is 5.56 Å². The molecule has 0 unspecified atom stereocenters. The van der Waals surface area contributed by atoms with Crippen LogP contribution in [0.25, 0.3) is 5.82 Å². The number of oxazole rings is 1. The van der Waals surface area contributed by atoms with E-state index in [2.05, 4.69) is 20.1 Å². The fourth-order valence-electron chi connectivity index (χ4n) is 4.17. The zero-order valence-electron chi connectivity index (χ0n) is 15.8. The maximum Gasteiger partial charge on any atom is 0.266 e. The summed E-state index contributed by atoms with van der Waals surface area (Å²) in [5.41, 5.74) is 1.10. The van der Waals surface area contributed by atoms with Gasteiger partial charge in [-0.25, -0.2) is 14.3 Å². The van der Waals surface area contributed by atoms with Crippen LogP contribution in [0, 0.1) is 5.92 Å². The van der Waals surface area contributed by atoms with Crippen LogP contribution < -0.4 is 5.56 Å². The van der Waals surface area contributed by atoms with Gasteiger partial charge in [0.15, 0.2) is 5.82 Å². The van der Waals surface area contributed by atoms with Crippen molar-refractivity contribution >= 4 is 0 Å². The zero-order valence-corrected chi connectivity index (χ0v) is 15.8. The van der Waals surface area contributed by atoms with Gasteiger partial charge in [-0.3, -0.25) is 9.69 Å². The number of rotatable bonds is 5. The molecule has 3 aromatic rings. The second-order valence-electron chi connectivity index (χ2n) is 7.71. The van der Waals surface area contributed by atoms with Crippen molar-refractivity contribution in [2.45, 2.75) is 45.2 Å². The first-order valence-corrected chi connectivity index (χ1v) is 10.0. The molecule has 0 bridgehead atoms. The minimum absolute atomic E-state index is 0.0624. The van der Waals surface area contributed by atoms with Gasteiger partial charge in [0.25, 0.3) is 5.56 Å². The molecule has 8 nitrogen and oxygen atoms in total. The Bertz CT molecular complexity index is 977. The Kier molecular flexibility index (Phi) is 4.56. The molecule has 8 heteroatoms. The predicted octanol–water partition coefficient (Wildman–Crippen LogP) is 1.82. The van der Waals surface area contributed by atoms with Crippen molar-refractivity contribution in [1.82, 2.24) is 29.4 Å². The molecule has 1 aliphatic heterocycles. The Morgan fingerprint density at radius 1 is 1.18 bits per heavy atom. The Morgan fingerprint density at radius 3 is 2.86 bits per heavy atom. The molecular weight excluding hydrogens is 356 g/mol. The molecule has 4 heterocycles. The molecule has 3 aromatic heterocycles. The van der Waals surface area contributed by atoms with E-state index in [1.807, 2.05) is 12.3 Å². The van der Waals surface area contributed by atoms with E-state index >= 15 is 0 Å². The highest BCUT2D eigenvalue weighted by Crippen LogP contribution is 2.24. The Hall–Kier alpha value is -2.74. The first-order chi connectivity index (χ1) is 13.7. The van der Waals surface area contributed by atoms with Crippen LogP contribution in [0.5, 0.6) is 0 Å². The molecule has 0 aromatic carbocycles. The zero-order chi connectivity index (χ0) is 18.9. The van der Waals surface area contributed by atoms with Gasteiger partial charge in [-0.05, 0) is 56.8 Å². The van der Waals surface area contributed by atoms with E-state index in [0.717, 1.165) is 62.7 Å². The summed E-state index contributed by atoms with van der Waals surface area (Å²) in [6, 6.07) is 5.12. The largest absolute Gasteiger partial charge is 0.444 e. The van der Waals surface area contributed by atoms with Gasteiger partial charge in [0.1, 0.15) is 5.76 Å². The lowest BCUT2D eigenvalue weighted by molar-refractivity contribution is 0.151. The summed E-state index contributed by atoms with van der Waals surface area (Å²) < 4.78 is 9.15. The monoisotopic (exact) mass is 380 g/mol. The fraction of sp³-hybridized carbons (Fsp3) is 0.500. The predicted molar refractivity (Wildman–Crippen MR) is 102 cm³/mol. The molecule has 0 atom stereocenters. The molecule has 0 amide bonds. The Morgan fingerprint density at radius 2 is 2.07 bits per heavy atom. The quantitative estimate of drug-likeness (QED) is 0.672. The number of aryl methyl sites for hydroxylation is 2. The summed E-state index contributed by atoms with van der Waals surface area (Å²) in [5.74, 6) is 3.06. The number of piperidine rings is 1. The van der Waals surface area contributed by atoms with Crippen molar-refractivity contribution in [2.24, 2.45) is 5.92 Å². The van der Waals surface area contributed by atoms with Gasteiger partial charge in [0.05, 0.1) is 12.2 Å². The third-order valence-corrected chi connectivity index (χ3v) is 5.73. The first-order valence-electron chi connectivity index (χ1n) is 10.0. The van der Waals surface area contributed by atoms with Gasteiger partial charge < -0.3 is 4.42 Å². The molecule has 0 spiro atoms. The summed E-state index contributed by atoms with van der Waals surface area (Å²) in [4.78, 5) is 19.3. The van der Waals surface area contributed by atoms with Gasteiger partial charge in [-0.2, -0.15) is 5.10 Å². The van der Waals surface area contributed by atoms with E-state index in [0.29, 0.717) is 18.3 Å². The lowest BCUT2D eigenvalue weighted by Crippen LogP contribution is -2.36. The lowest BCUT2D eigenvalue weighted by atomic mass is 9.97. The highest BCUT2D eigenvalue weighted by molar-refractivity contribution is 5.18.